The predicted octanol–water partition coefficient (Wildman–Crippen LogP) is 0.817. The van der Waals surface area contributed by atoms with Gasteiger partial charge in [0.2, 0.25) is 0 Å². The summed E-state index contributed by atoms with van der Waals surface area (Å²) in [5.74, 6) is 0.745. The third kappa shape index (κ3) is 3.28. The molecule has 114 valence electrons. The molecule has 0 bridgehead atoms. The van der Waals surface area contributed by atoms with Gasteiger partial charge in [0.15, 0.2) is 0 Å². The predicted molar refractivity (Wildman–Crippen MR) is 81.8 cm³/mol. The number of urea groups is 1. The van der Waals surface area contributed by atoms with Gasteiger partial charge in [-0.05, 0) is 12.1 Å². The minimum Gasteiger partial charge on any atom is -0.497 e. The van der Waals surface area contributed by atoms with Gasteiger partial charge in [-0.1, -0.05) is 6.07 Å². The van der Waals surface area contributed by atoms with Crippen molar-refractivity contribution in [2.24, 2.45) is 0 Å². The molecule has 21 heavy (non-hydrogen) atoms. The van der Waals surface area contributed by atoms with Crippen molar-refractivity contribution < 1.29 is 9.53 Å². The van der Waals surface area contributed by atoms with Gasteiger partial charge in [-0.2, -0.15) is 0 Å². The summed E-state index contributed by atoms with van der Waals surface area (Å²) in [4.78, 5) is 16.6. The maximum atomic E-state index is 12.3. The van der Waals surface area contributed by atoms with Crippen LogP contribution in [0.5, 0.6) is 5.75 Å². The number of rotatable bonds is 3. The van der Waals surface area contributed by atoms with Crippen LogP contribution < -0.4 is 15.4 Å². The molecule has 2 N–H and O–H groups in total. The van der Waals surface area contributed by atoms with E-state index in [-0.39, 0.29) is 6.03 Å². The molecule has 0 aromatic heterocycles. The van der Waals surface area contributed by atoms with E-state index in [1.165, 1.54) is 0 Å². The zero-order chi connectivity index (χ0) is 14.7. The van der Waals surface area contributed by atoms with Gasteiger partial charge < -0.3 is 20.3 Å². The summed E-state index contributed by atoms with van der Waals surface area (Å²) in [7, 11) is 1.62. The molecule has 1 aromatic carbocycles. The average molecular weight is 290 g/mol. The third-order valence-electron chi connectivity index (χ3n) is 4.20. The Balaban J connectivity index is 1.51. The second-order valence-corrected chi connectivity index (χ2v) is 5.50. The van der Waals surface area contributed by atoms with Crippen LogP contribution in [0, 0.1) is 0 Å². The first-order valence-electron chi connectivity index (χ1n) is 7.41. The molecule has 0 radical (unpaired) electrons. The maximum absolute atomic E-state index is 12.3. The second kappa shape index (κ2) is 6.32. The van der Waals surface area contributed by atoms with Gasteiger partial charge in [0.05, 0.1) is 7.11 Å². The second-order valence-electron chi connectivity index (χ2n) is 5.50. The van der Waals surface area contributed by atoms with Crippen molar-refractivity contribution in [3.05, 3.63) is 24.3 Å². The van der Waals surface area contributed by atoms with Crippen LogP contribution >= 0.6 is 0 Å². The minimum atomic E-state index is -0.0327. The van der Waals surface area contributed by atoms with Gasteiger partial charge in [0.1, 0.15) is 5.75 Å². The Labute approximate surface area is 125 Å². The first-order valence-corrected chi connectivity index (χ1v) is 7.41. The Morgan fingerprint density at radius 2 is 2.05 bits per heavy atom. The van der Waals surface area contributed by atoms with E-state index in [0.717, 1.165) is 50.7 Å². The third-order valence-corrected chi connectivity index (χ3v) is 4.20. The molecule has 2 amide bonds. The molecule has 0 aliphatic carbocycles. The molecular formula is C15H22N4O2. The van der Waals surface area contributed by atoms with Crippen molar-refractivity contribution >= 4 is 11.7 Å². The number of carbonyl (C=O) groups excluding carboxylic acids is 1. The number of methoxy groups -OCH3 is 1. The molecule has 6 heteroatoms. The van der Waals surface area contributed by atoms with Crippen LogP contribution in [0.4, 0.5) is 10.5 Å². The zero-order valence-corrected chi connectivity index (χ0v) is 12.3. The Bertz CT molecular complexity index is 496. The highest BCUT2D eigenvalue weighted by Gasteiger charge is 2.29. The van der Waals surface area contributed by atoms with Crippen molar-refractivity contribution in [2.45, 2.75) is 6.04 Å². The fourth-order valence-electron chi connectivity index (χ4n) is 2.73. The number of carbonyl (C=O) groups is 1. The van der Waals surface area contributed by atoms with E-state index >= 15 is 0 Å². The number of hydrogen-bond donors (Lipinski definition) is 2. The molecule has 2 heterocycles. The van der Waals surface area contributed by atoms with Gasteiger partial charge >= 0.3 is 6.03 Å². The minimum absolute atomic E-state index is 0.0327. The summed E-state index contributed by atoms with van der Waals surface area (Å²) in [6.45, 7) is 5.64. The van der Waals surface area contributed by atoms with E-state index in [9.17, 15) is 4.79 Å². The summed E-state index contributed by atoms with van der Waals surface area (Å²) < 4.78 is 5.16. The molecule has 2 aliphatic heterocycles. The fraction of sp³-hybridized carbons (Fsp3) is 0.533. The van der Waals surface area contributed by atoms with E-state index in [2.05, 4.69) is 15.5 Å². The highest BCUT2D eigenvalue weighted by molar-refractivity contribution is 5.89. The number of nitrogens with one attached hydrogen (secondary N) is 2. The summed E-state index contributed by atoms with van der Waals surface area (Å²) in [5.41, 5.74) is 0.768. The van der Waals surface area contributed by atoms with Crippen LogP contribution in [-0.2, 0) is 0 Å². The van der Waals surface area contributed by atoms with Crippen molar-refractivity contribution in [1.29, 1.82) is 0 Å². The van der Waals surface area contributed by atoms with Crippen molar-refractivity contribution in [2.75, 3.05) is 51.7 Å². The summed E-state index contributed by atoms with van der Waals surface area (Å²) in [6.07, 6.45) is 0. The van der Waals surface area contributed by atoms with Gasteiger partial charge in [-0.15, -0.1) is 0 Å². The lowest BCUT2D eigenvalue weighted by Gasteiger charge is -2.43. The van der Waals surface area contributed by atoms with E-state index < -0.39 is 0 Å². The number of benzene rings is 1. The number of hydrogen-bond acceptors (Lipinski definition) is 4. The number of anilines is 1. The molecule has 0 spiro atoms. The molecule has 0 unspecified atom stereocenters. The van der Waals surface area contributed by atoms with Crippen LogP contribution in [-0.4, -0.2) is 68.3 Å². The largest absolute Gasteiger partial charge is 0.497 e. The number of ether oxygens (including phenoxy) is 1. The maximum Gasteiger partial charge on any atom is 0.321 e. The highest BCUT2D eigenvalue weighted by atomic mass is 16.5. The molecule has 1 aromatic rings. The standard InChI is InChI=1S/C15H22N4O2/c1-21-14-4-2-3-12(9-14)17-15(20)19-7-5-18(6-8-19)13-10-16-11-13/h2-4,9,13,16H,5-8,10-11H2,1H3,(H,17,20). The first kappa shape index (κ1) is 14.2. The van der Waals surface area contributed by atoms with Crippen LogP contribution in [0.2, 0.25) is 0 Å². The smallest absolute Gasteiger partial charge is 0.321 e. The van der Waals surface area contributed by atoms with E-state index in [4.69, 9.17) is 4.74 Å². The van der Waals surface area contributed by atoms with Gasteiger partial charge in [-0.25, -0.2) is 4.79 Å². The zero-order valence-electron chi connectivity index (χ0n) is 12.3. The van der Waals surface area contributed by atoms with Crippen LogP contribution in [0.25, 0.3) is 0 Å². The lowest BCUT2D eigenvalue weighted by Crippen LogP contribution is -2.62. The normalized spacial score (nSPS) is 20.0. The molecular weight excluding hydrogens is 268 g/mol. The Morgan fingerprint density at radius 1 is 1.29 bits per heavy atom. The number of piperazine rings is 1. The van der Waals surface area contributed by atoms with Crippen molar-refractivity contribution in [3.8, 4) is 5.75 Å². The van der Waals surface area contributed by atoms with Crippen molar-refractivity contribution in [1.82, 2.24) is 15.1 Å². The average Bonchev–Trinajstić information content (AvgIpc) is 2.46. The quantitative estimate of drug-likeness (QED) is 0.865. The summed E-state index contributed by atoms with van der Waals surface area (Å²) in [5, 5.41) is 6.22. The Hall–Kier alpha value is -1.79. The van der Waals surface area contributed by atoms with E-state index in [1.807, 2.05) is 29.2 Å². The first-order chi connectivity index (χ1) is 10.3. The molecule has 2 aliphatic rings. The number of amides is 2. The SMILES string of the molecule is COc1cccc(NC(=O)N2CCN(C3CNC3)CC2)c1. The number of nitrogens with zero attached hydrogens (tertiary/aromatic N) is 2. The lowest BCUT2D eigenvalue weighted by atomic mass is 10.1. The molecule has 0 atom stereocenters. The summed E-state index contributed by atoms with van der Waals surface area (Å²) >= 11 is 0. The van der Waals surface area contributed by atoms with Crippen LogP contribution in [0.15, 0.2) is 24.3 Å². The topological polar surface area (TPSA) is 56.8 Å². The molecule has 6 nitrogen and oxygen atoms in total. The molecule has 0 saturated carbocycles. The van der Waals surface area contributed by atoms with Gasteiger partial charge in [0, 0.05) is 57.1 Å². The van der Waals surface area contributed by atoms with Crippen LogP contribution in [0.3, 0.4) is 0 Å². The Kier molecular flexibility index (Phi) is 4.26. The Morgan fingerprint density at radius 3 is 2.67 bits per heavy atom. The fourth-order valence-corrected chi connectivity index (χ4v) is 2.73. The molecule has 3 rings (SSSR count). The monoisotopic (exact) mass is 290 g/mol. The van der Waals surface area contributed by atoms with E-state index in [1.54, 1.807) is 7.11 Å². The summed E-state index contributed by atoms with van der Waals surface area (Å²) in [6, 6.07) is 8.06. The van der Waals surface area contributed by atoms with Crippen LogP contribution in [0.1, 0.15) is 0 Å². The van der Waals surface area contributed by atoms with E-state index in [0.29, 0.717) is 6.04 Å². The van der Waals surface area contributed by atoms with Gasteiger partial charge in [-0.3, -0.25) is 4.90 Å². The lowest BCUT2D eigenvalue weighted by molar-refractivity contribution is 0.0878. The molecule has 2 fully saturated rings. The highest BCUT2D eigenvalue weighted by Crippen LogP contribution is 2.17. The molecule has 2 saturated heterocycles. The van der Waals surface area contributed by atoms with Gasteiger partial charge in [0.25, 0.3) is 0 Å². The van der Waals surface area contributed by atoms with Crippen molar-refractivity contribution in [3.63, 3.8) is 0 Å².